The van der Waals surface area contributed by atoms with Crippen molar-refractivity contribution in [2.24, 2.45) is 0 Å². The molecule has 0 aliphatic carbocycles. The molecule has 2 heteroatoms. The van der Waals surface area contributed by atoms with Crippen molar-refractivity contribution in [1.29, 1.82) is 5.26 Å². The van der Waals surface area contributed by atoms with Gasteiger partial charge in [-0.3, -0.25) is 0 Å². The maximum Gasteiger partial charge on any atom is 0.0924 e. The third-order valence-corrected chi connectivity index (χ3v) is 2.88. The van der Waals surface area contributed by atoms with Gasteiger partial charge in [-0.2, -0.15) is 5.26 Å². The van der Waals surface area contributed by atoms with E-state index in [9.17, 15) is 0 Å². The topological polar surface area (TPSA) is 35.8 Å². The molecule has 0 bridgehead atoms. The van der Waals surface area contributed by atoms with Crippen molar-refractivity contribution in [3.05, 3.63) is 35.4 Å². The Labute approximate surface area is 98.3 Å². The summed E-state index contributed by atoms with van der Waals surface area (Å²) in [6, 6.07) is 10.7. The van der Waals surface area contributed by atoms with Crippen LogP contribution in [-0.2, 0) is 5.41 Å². The molecule has 0 aliphatic rings. The van der Waals surface area contributed by atoms with Crippen LogP contribution in [0.25, 0.3) is 0 Å². The summed E-state index contributed by atoms with van der Waals surface area (Å²) < 4.78 is 0. The van der Waals surface area contributed by atoms with E-state index in [0.29, 0.717) is 0 Å². The number of nitrogens with zero attached hydrogens (tertiary/aromatic N) is 1. The molecule has 0 aliphatic heterocycles. The number of nitrogens with one attached hydrogen (secondary N) is 1. The SMILES string of the molecule is Cc1ccc(C(C)(C)CNC(C)C#N)cc1. The summed E-state index contributed by atoms with van der Waals surface area (Å²) in [6.45, 7) is 9.16. The quantitative estimate of drug-likeness (QED) is 0.840. The highest BCUT2D eigenvalue weighted by Gasteiger charge is 2.20. The summed E-state index contributed by atoms with van der Waals surface area (Å²) in [5.41, 5.74) is 2.63. The molecular weight excluding hydrogens is 196 g/mol. The van der Waals surface area contributed by atoms with Gasteiger partial charge in [-0.25, -0.2) is 0 Å². The number of hydrogen-bond acceptors (Lipinski definition) is 2. The van der Waals surface area contributed by atoms with Crippen molar-refractivity contribution in [3.63, 3.8) is 0 Å². The molecule has 1 aromatic rings. The Kier molecular flexibility index (Phi) is 4.09. The molecule has 86 valence electrons. The molecular formula is C14H20N2. The Morgan fingerprint density at radius 1 is 1.31 bits per heavy atom. The van der Waals surface area contributed by atoms with E-state index < -0.39 is 0 Å². The molecule has 1 atom stereocenters. The van der Waals surface area contributed by atoms with Crippen LogP contribution < -0.4 is 5.32 Å². The second-order valence-electron chi connectivity index (χ2n) is 4.98. The number of benzene rings is 1. The number of aryl methyl sites for hydroxylation is 1. The summed E-state index contributed by atoms with van der Waals surface area (Å²) in [7, 11) is 0. The van der Waals surface area contributed by atoms with Crippen LogP contribution in [0, 0.1) is 18.3 Å². The van der Waals surface area contributed by atoms with Crippen LogP contribution in [0.1, 0.15) is 31.9 Å². The van der Waals surface area contributed by atoms with Crippen molar-refractivity contribution >= 4 is 0 Å². The lowest BCUT2D eigenvalue weighted by molar-refractivity contribution is 0.457. The molecule has 1 unspecified atom stereocenters. The highest BCUT2D eigenvalue weighted by Crippen LogP contribution is 2.22. The van der Waals surface area contributed by atoms with Crippen LogP contribution in [0.3, 0.4) is 0 Å². The van der Waals surface area contributed by atoms with Gasteiger partial charge in [0.05, 0.1) is 12.1 Å². The average Bonchev–Trinajstić information content (AvgIpc) is 2.26. The van der Waals surface area contributed by atoms with Crippen molar-refractivity contribution in [2.45, 2.75) is 39.2 Å². The molecule has 0 heterocycles. The van der Waals surface area contributed by atoms with Gasteiger partial charge in [0, 0.05) is 12.0 Å². The fourth-order valence-corrected chi connectivity index (χ4v) is 1.56. The molecule has 0 spiro atoms. The lowest BCUT2D eigenvalue weighted by Gasteiger charge is -2.26. The fourth-order valence-electron chi connectivity index (χ4n) is 1.56. The number of nitriles is 1. The van der Waals surface area contributed by atoms with Gasteiger partial charge in [0.25, 0.3) is 0 Å². The first kappa shape index (κ1) is 12.7. The van der Waals surface area contributed by atoms with E-state index >= 15 is 0 Å². The minimum absolute atomic E-state index is 0.0544. The normalized spacial score (nSPS) is 13.2. The highest BCUT2D eigenvalue weighted by molar-refractivity contribution is 5.27. The zero-order chi connectivity index (χ0) is 12.2. The third kappa shape index (κ3) is 3.36. The Balaban J connectivity index is 2.70. The summed E-state index contributed by atoms with van der Waals surface area (Å²) >= 11 is 0. The number of rotatable bonds is 4. The zero-order valence-corrected chi connectivity index (χ0v) is 10.5. The van der Waals surface area contributed by atoms with Crippen molar-refractivity contribution in [2.75, 3.05) is 6.54 Å². The lowest BCUT2D eigenvalue weighted by Crippen LogP contribution is -2.37. The van der Waals surface area contributed by atoms with Crippen LogP contribution in [0.15, 0.2) is 24.3 Å². The summed E-state index contributed by atoms with van der Waals surface area (Å²) in [5, 5.41) is 12.0. The molecule has 1 rings (SSSR count). The van der Waals surface area contributed by atoms with Gasteiger partial charge in [0.1, 0.15) is 0 Å². The molecule has 2 nitrogen and oxygen atoms in total. The molecule has 0 saturated heterocycles. The second-order valence-corrected chi connectivity index (χ2v) is 4.98. The van der Waals surface area contributed by atoms with Gasteiger partial charge in [0.15, 0.2) is 0 Å². The van der Waals surface area contributed by atoms with E-state index in [-0.39, 0.29) is 11.5 Å². The van der Waals surface area contributed by atoms with E-state index in [2.05, 4.69) is 56.4 Å². The van der Waals surface area contributed by atoms with E-state index in [0.717, 1.165) is 6.54 Å². The van der Waals surface area contributed by atoms with Gasteiger partial charge in [0.2, 0.25) is 0 Å². The molecule has 16 heavy (non-hydrogen) atoms. The Bertz CT molecular complexity index is 371. The van der Waals surface area contributed by atoms with E-state index in [4.69, 9.17) is 5.26 Å². The Morgan fingerprint density at radius 3 is 2.38 bits per heavy atom. The van der Waals surface area contributed by atoms with Gasteiger partial charge < -0.3 is 5.32 Å². The van der Waals surface area contributed by atoms with Crippen molar-refractivity contribution < 1.29 is 0 Å². The van der Waals surface area contributed by atoms with Crippen molar-refractivity contribution in [1.82, 2.24) is 5.32 Å². The standard InChI is InChI=1S/C14H20N2/c1-11-5-7-13(8-6-11)14(3,4)10-16-12(2)9-15/h5-8,12,16H,10H2,1-4H3. The Hall–Kier alpha value is -1.33. The van der Waals surface area contributed by atoms with Gasteiger partial charge in [-0.1, -0.05) is 43.7 Å². The monoisotopic (exact) mass is 216 g/mol. The summed E-state index contributed by atoms with van der Waals surface area (Å²) in [4.78, 5) is 0. The van der Waals surface area contributed by atoms with Crippen LogP contribution >= 0.6 is 0 Å². The first-order chi connectivity index (χ1) is 7.45. The van der Waals surface area contributed by atoms with Crippen molar-refractivity contribution in [3.8, 4) is 6.07 Å². The first-order valence-electron chi connectivity index (χ1n) is 5.66. The van der Waals surface area contributed by atoms with Crippen LogP contribution in [0.2, 0.25) is 0 Å². The summed E-state index contributed by atoms with van der Waals surface area (Å²) in [5.74, 6) is 0. The van der Waals surface area contributed by atoms with Crippen LogP contribution in [0.5, 0.6) is 0 Å². The molecule has 0 amide bonds. The van der Waals surface area contributed by atoms with Crippen LogP contribution in [-0.4, -0.2) is 12.6 Å². The predicted molar refractivity (Wildman–Crippen MR) is 67.3 cm³/mol. The van der Waals surface area contributed by atoms with E-state index in [1.165, 1.54) is 11.1 Å². The van der Waals surface area contributed by atoms with Gasteiger partial charge in [-0.05, 0) is 19.4 Å². The molecule has 0 saturated carbocycles. The minimum atomic E-state index is -0.0928. The largest absolute Gasteiger partial charge is 0.301 e. The average molecular weight is 216 g/mol. The fraction of sp³-hybridized carbons (Fsp3) is 0.500. The predicted octanol–water partition coefficient (Wildman–Crippen LogP) is 2.77. The Morgan fingerprint density at radius 2 is 1.88 bits per heavy atom. The maximum atomic E-state index is 8.73. The molecule has 0 radical (unpaired) electrons. The highest BCUT2D eigenvalue weighted by atomic mass is 14.9. The van der Waals surface area contributed by atoms with Gasteiger partial charge in [-0.15, -0.1) is 0 Å². The first-order valence-corrected chi connectivity index (χ1v) is 5.66. The minimum Gasteiger partial charge on any atom is -0.301 e. The molecule has 1 N–H and O–H groups in total. The van der Waals surface area contributed by atoms with E-state index in [1.807, 2.05) is 6.92 Å². The van der Waals surface area contributed by atoms with Gasteiger partial charge >= 0.3 is 0 Å². The molecule has 0 aromatic heterocycles. The molecule has 1 aromatic carbocycles. The summed E-state index contributed by atoms with van der Waals surface area (Å²) in [6.07, 6.45) is 0. The second kappa shape index (κ2) is 5.14. The smallest absolute Gasteiger partial charge is 0.0924 e. The number of hydrogen-bond donors (Lipinski definition) is 1. The third-order valence-electron chi connectivity index (χ3n) is 2.88. The maximum absolute atomic E-state index is 8.73. The lowest BCUT2D eigenvalue weighted by atomic mass is 9.84. The van der Waals surface area contributed by atoms with E-state index in [1.54, 1.807) is 0 Å². The van der Waals surface area contributed by atoms with Crippen LogP contribution in [0.4, 0.5) is 0 Å². The molecule has 0 fully saturated rings. The zero-order valence-electron chi connectivity index (χ0n) is 10.5.